The number of carboxylic acid groups (broad SMARTS) is 1. The van der Waals surface area contributed by atoms with Gasteiger partial charge < -0.3 is 20.1 Å². The van der Waals surface area contributed by atoms with Crippen molar-refractivity contribution in [3.8, 4) is 0 Å². The average Bonchev–Trinajstić information content (AvgIpc) is 2.88. The number of carbonyl (C=O) groups is 3. The normalized spacial score (nSPS) is 21.3. The summed E-state index contributed by atoms with van der Waals surface area (Å²) in [6.07, 6.45) is -1.04. The Balaban J connectivity index is 1.78. The molecule has 3 rings (SSSR count). The lowest BCUT2D eigenvalue weighted by atomic mass is 10.2. The number of amides is 3. The van der Waals surface area contributed by atoms with Crippen molar-refractivity contribution < 1.29 is 24.2 Å². The zero-order chi connectivity index (χ0) is 17.3. The standard InChI is InChI=1S/C15H18N4O5/c1-9-11(18-4-5-24-8-14(18)21)2-3-12(16-9)19-7-10(6-13(19)20)17-15(22)23/h2-3,10,17H,4-8H2,1H3,(H,22,23)/t10-/m1/s1. The molecule has 9 nitrogen and oxygen atoms in total. The maximum atomic E-state index is 12.1. The first-order chi connectivity index (χ1) is 11.5. The summed E-state index contributed by atoms with van der Waals surface area (Å²) in [6.45, 7) is 3.00. The molecule has 2 saturated heterocycles. The van der Waals surface area contributed by atoms with E-state index in [1.54, 1.807) is 24.0 Å². The molecule has 2 fully saturated rings. The van der Waals surface area contributed by atoms with Gasteiger partial charge in [0.1, 0.15) is 12.4 Å². The van der Waals surface area contributed by atoms with Gasteiger partial charge in [0.25, 0.3) is 5.91 Å². The van der Waals surface area contributed by atoms with E-state index in [4.69, 9.17) is 9.84 Å². The van der Waals surface area contributed by atoms with Gasteiger partial charge in [0.05, 0.1) is 24.0 Å². The summed E-state index contributed by atoms with van der Waals surface area (Å²) >= 11 is 0. The quantitative estimate of drug-likeness (QED) is 0.812. The molecule has 2 N–H and O–H groups in total. The number of hydrogen-bond acceptors (Lipinski definition) is 5. The van der Waals surface area contributed by atoms with Crippen molar-refractivity contribution in [1.29, 1.82) is 0 Å². The van der Waals surface area contributed by atoms with E-state index < -0.39 is 12.1 Å². The predicted octanol–water partition coefficient (Wildman–Crippen LogP) is 0.126. The molecule has 1 aromatic heterocycles. The second-order valence-corrected chi connectivity index (χ2v) is 5.73. The zero-order valence-electron chi connectivity index (χ0n) is 13.2. The lowest BCUT2D eigenvalue weighted by Crippen LogP contribution is -2.42. The van der Waals surface area contributed by atoms with Crippen LogP contribution < -0.4 is 15.1 Å². The van der Waals surface area contributed by atoms with Crippen LogP contribution in [0.15, 0.2) is 12.1 Å². The van der Waals surface area contributed by atoms with Gasteiger partial charge in [-0.3, -0.25) is 14.5 Å². The Kier molecular flexibility index (Phi) is 4.34. The first-order valence-corrected chi connectivity index (χ1v) is 7.61. The van der Waals surface area contributed by atoms with Crippen LogP contribution in [0.2, 0.25) is 0 Å². The number of ether oxygens (including phenoxy) is 1. The van der Waals surface area contributed by atoms with Gasteiger partial charge in [0, 0.05) is 19.5 Å². The SMILES string of the molecule is Cc1nc(N2C[C@H](NC(=O)O)CC2=O)ccc1N1CCOCC1=O. The fraction of sp³-hybridized carbons (Fsp3) is 0.467. The van der Waals surface area contributed by atoms with Crippen LogP contribution in [-0.2, 0) is 14.3 Å². The summed E-state index contributed by atoms with van der Waals surface area (Å²) in [5, 5.41) is 11.1. The van der Waals surface area contributed by atoms with Crippen LogP contribution in [0.1, 0.15) is 12.1 Å². The highest BCUT2D eigenvalue weighted by Gasteiger charge is 2.33. The van der Waals surface area contributed by atoms with Gasteiger partial charge in [-0.15, -0.1) is 0 Å². The first kappa shape index (κ1) is 16.2. The number of aromatic nitrogens is 1. The van der Waals surface area contributed by atoms with Crippen molar-refractivity contribution in [2.75, 3.05) is 36.1 Å². The third kappa shape index (κ3) is 3.16. The summed E-state index contributed by atoms with van der Waals surface area (Å²) < 4.78 is 5.12. The fourth-order valence-electron chi connectivity index (χ4n) is 2.95. The van der Waals surface area contributed by atoms with Crippen LogP contribution in [0.4, 0.5) is 16.3 Å². The molecule has 24 heavy (non-hydrogen) atoms. The summed E-state index contributed by atoms with van der Waals surface area (Å²) in [5.74, 6) is 0.148. The molecule has 1 aromatic rings. The molecule has 0 aromatic carbocycles. The molecule has 0 bridgehead atoms. The fourth-order valence-corrected chi connectivity index (χ4v) is 2.95. The van der Waals surface area contributed by atoms with E-state index in [9.17, 15) is 14.4 Å². The van der Waals surface area contributed by atoms with Crippen LogP contribution in [0.5, 0.6) is 0 Å². The number of nitrogens with one attached hydrogen (secondary N) is 1. The number of hydrogen-bond donors (Lipinski definition) is 2. The molecule has 2 aliphatic heterocycles. The van der Waals surface area contributed by atoms with Crippen molar-refractivity contribution in [2.45, 2.75) is 19.4 Å². The zero-order valence-corrected chi connectivity index (χ0v) is 13.2. The van der Waals surface area contributed by atoms with E-state index in [0.29, 0.717) is 30.4 Å². The Morgan fingerprint density at radius 2 is 2.12 bits per heavy atom. The number of rotatable bonds is 3. The van der Waals surface area contributed by atoms with E-state index in [2.05, 4.69) is 10.3 Å². The number of carbonyl (C=O) groups excluding carboxylic acids is 2. The van der Waals surface area contributed by atoms with Crippen molar-refractivity contribution in [2.24, 2.45) is 0 Å². The second kappa shape index (κ2) is 6.44. The molecule has 1 atom stereocenters. The van der Waals surface area contributed by atoms with Gasteiger partial charge in [0.2, 0.25) is 5.91 Å². The Morgan fingerprint density at radius 3 is 2.79 bits per heavy atom. The van der Waals surface area contributed by atoms with Crippen LogP contribution in [-0.4, -0.2) is 60.3 Å². The van der Waals surface area contributed by atoms with Crippen LogP contribution >= 0.6 is 0 Å². The van der Waals surface area contributed by atoms with Gasteiger partial charge in [-0.05, 0) is 19.1 Å². The maximum absolute atomic E-state index is 12.1. The highest BCUT2D eigenvalue weighted by molar-refractivity contribution is 5.97. The highest BCUT2D eigenvalue weighted by Crippen LogP contribution is 2.26. The number of aryl methyl sites for hydroxylation is 1. The molecule has 0 aliphatic carbocycles. The van der Waals surface area contributed by atoms with Crippen molar-refractivity contribution in [3.05, 3.63) is 17.8 Å². The Bertz CT molecular complexity index is 692. The molecular formula is C15H18N4O5. The van der Waals surface area contributed by atoms with Gasteiger partial charge in [0.15, 0.2) is 0 Å². The van der Waals surface area contributed by atoms with Crippen LogP contribution in [0, 0.1) is 6.92 Å². The minimum atomic E-state index is -1.15. The van der Waals surface area contributed by atoms with Crippen LogP contribution in [0.3, 0.4) is 0 Å². The predicted molar refractivity (Wildman–Crippen MR) is 84.1 cm³/mol. The van der Waals surface area contributed by atoms with Gasteiger partial charge in [-0.25, -0.2) is 9.78 Å². The molecular weight excluding hydrogens is 316 g/mol. The molecule has 9 heteroatoms. The number of anilines is 2. The van der Waals surface area contributed by atoms with Gasteiger partial charge >= 0.3 is 6.09 Å². The molecule has 0 spiro atoms. The topological polar surface area (TPSA) is 112 Å². The third-order valence-electron chi connectivity index (χ3n) is 4.05. The van der Waals surface area contributed by atoms with Crippen LogP contribution in [0.25, 0.3) is 0 Å². The minimum absolute atomic E-state index is 0.0499. The largest absolute Gasteiger partial charge is 0.465 e. The Hall–Kier alpha value is -2.68. The van der Waals surface area contributed by atoms with E-state index >= 15 is 0 Å². The number of morpholine rings is 1. The minimum Gasteiger partial charge on any atom is -0.465 e. The number of pyridine rings is 1. The Morgan fingerprint density at radius 1 is 1.33 bits per heavy atom. The van der Waals surface area contributed by atoms with Crippen molar-refractivity contribution in [1.82, 2.24) is 10.3 Å². The van der Waals surface area contributed by atoms with E-state index in [1.807, 2.05) is 0 Å². The third-order valence-corrected chi connectivity index (χ3v) is 4.05. The van der Waals surface area contributed by atoms with E-state index in [0.717, 1.165) is 0 Å². The first-order valence-electron chi connectivity index (χ1n) is 7.61. The second-order valence-electron chi connectivity index (χ2n) is 5.73. The number of nitrogens with zero attached hydrogens (tertiary/aromatic N) is 3. The summed E-state index contributed by atoms with van der Waals surface area (Å²) in [4.78, 5) is 42.2. The molecule has 3 heterocycles. The average molecular weight is 334 g/mol. The van der Waals surface area contributed by atoms with E-state index in [1.165, 1.54) is 4.90 Å². The smallest absolute Gasteiger partial charge is 0.404 e. The Labute approximate surface area is 138 Å². The lowest BCUT2D eigenvalue weighted by Gasteiger charge is -2.28. The molecule has 0 saturated carbocycles. The molecule has 0 radical (unpaired) electrons. The maximum Gasteiger partial charge on any atom is 0.404 e. The molecule has 0 unspecified atom stereocenters. The van der Waals surface area contributed by atoms with E-state index in [-0.39, 0.29) is 31.4 Å². The summed E-state index contributed by atoms with van der Waals surface area (Å²) in [5.41, 5.74) is 1.32. The highest BCUT2D eigenvalue weighted by atomic mass is 16.5. The summed E-state index contributed by atoms with van der Waals surface area (Å²) in [7, 11) is 0. The van der Waals surface area contributed by atoms with Gasteiger partial charge in [-0.2, -0.15) is 0 Å². The monoisotopic (exact) mass is 334 g/mol. The lowest BCUT2D eigenvalue weighted by molar-refractivity contribution is -0.125. The molecule has 128 valence electrons. The molecule has 3 amide bonds. The molecule has 2 aliphatic rings. The summed E-state index contributed by atoms with van der Waals surface area (Å²) in [6, 6.07) is 2.98. The van der Waals surface area contributed by atoms with Crippen molar-refractivity contribution in [3.63, 3.8) is 0 Å². The van der Waals surface area contributed by atoms with Crippen molar-refractivity contribution >= 4 is 29.4 Å². The van der Waals surface area contributed by atoms with Gasteiger partial charge in [-0.1, -0.05) is 0 Å².